The molecule has 1 aromatic rings. The molecule has 1 aromatic carbocycles. The first-order valence-corrected chi connectivity index (χ1v) is 6.90. The van der Waals surface area contributed by atoms with Crippen LogP contribution in [0.25, 0.3) is 0 Å². The normalized spacial score (nSPS) is 13.8. The molecule has 0 unspecified atom stereocenters. The van der Waals surface area contributed by atoms with Gasteiger partial charge in [0, 0.05) is 19.0 Å². The smallest absolute Gasteiger partial charge is 0.258 e. The molecular formula is C14H18N2O3S. The van der Waals surface area contributed by atoms with E-state index in [4.69, 9.17) is 22.7 Å². The Kier molecular flexibility index (Phi) is 4.44. The molecule has 1 aliphatic rings. The topological polar surface area (TPSA) is 75.8 Å². The van der Waals surface area contributed by atoms with E-state index < -0.39 is 0 Å². The summed E-state index contributed by atoms with van der Waals surface area (Å²) in [6, 6.07) is 4.85. The molecular weight excluding hydrogens is 276 g/mol. The minimum absolute atomic E-state index is 0.0447. The average molecular weight is 294 g/mol. The van der Waals surface area contributed by atoms with Gasteiger partial charge in [0.1, 0.15) is 11.5 Å². The summed E-state index contributed by atoms with van der Waals surface area (Å²) < 4.78 is 5.09. The molecule has 0 bridgehead atoms. The van der Waals surface area contributed by atoms with Crippen LogP contribution >= 0.6 is 12.2 Å². The first kappa shape index (κ1) is 14.6. The number of hydrogen-bond acceptors (Lipinski definition) is 4. The number of carbonyl (C=O) groups is 1. The lowest BCUT2D eigenvalue weighted by Crippen LogP contribution is -2.35. The number of benzene rings is 1. The summed E-state index contributed by atoms with van der Waals surface area (Å²) in [5.74, 6) is 0.285. The number of nitrogens with zero attached hydrogens (tertiary/aromatic N) is 1. The molecule has 108 valence electrons. The lowest BCUT2D eigenvalue weighted by Gasteiger charge is -2.23. The van der Waals surface area contributed by atoms with Crippen molar-refractivity contribution in [2.45, 2.75) is 25.3 Å². The molecule has 1 amide bonds. The van der Waals surface area contributed by atoms with Gasteiger partial charge in [-0.05, 0) is 31.0 Å². The van der Waals surface area contributed by atoms with Gasteiger partial charge in [-0.25, -0.2) is 0 Å². The van der Waals surface area contributed by atoms with Crippen LogP contribution in [0.1, 0.15) is 29.6 Å². The SMILES string of the molecule is COc1ccc(O)c(C(=O)N(CCC(N)=S)C2CC2)c1. The Morgan fingerprint density at radius 3 is 2.80 bits per heavy atom. The van der Waals surface area contributed by atoms with E-state index >= 15 is 0 Å². The molecule has 0 aliphatic heterocycles. The van der Waals surface area contributed by atoms with E-state index in [-0.39, 0.29) is 23.3 Å². The number of ether oxygens (including phenoxy) is 1. The molecule has 1 aliphatic carbocycles. The summed E-state index contributed by atoms with van der Waals surface area (Å²) in [5.41, 5.74) is 5.75. The van der Waals surface area contributed by atoms with Gasteiger partial charge in [0.25, 0.3) is 5.91 Å². The van der Waals surface area contributed by atoms with Crippen LogP contribution in [-0.2, 0) is 0 Å². The predicted octanol–water partition coefficient (Wildman–Crippen LogP) is 1.68. The van der Waals surface area contributed by atoms with Crippen molar-refractivity contribution in [3.63, 3.8) is 0 Å². The fraction of sp³-hybridized carbons (Fsp3) is 0.429. The summed E-state index contributed by atoms with van der Waals surface area (Å²) in [5, 5.41) is 9.88. The minimum Gasteiger partial charge on any atom is -0.507 e. The fourth-order valence-corrected chi connectivity index (χ4v) is 2.13. The number of phenols is 1. The second kappa shape index (κ2) is 6.09. The number of amides is 1. The number of rotatable bonds is 6. The molecule has 0 saturated heterocycles. The Morgan fingerprint density at radius 2 is 2.25 bits per heavy atom. The zero-order valence-corrected chi connectivity index (χ0v) is 12.2. The zero-order valence-electron chi connectivity index (χ0n) is 11.3. The van der Waals surface area contributed by atoms with Crippen LogP contribution in [-0.4, -0.2) is 40.6 Å². The molecule has 6 heteroatoms. The Balaban J connectivity index is 2.20. The number of thiocarbonyl (C=S) groups is 1. The van der Waals surface area contributed by atoms with Crippen molar-refractivity contribution in [2.24, 2.45) is 5.73 Å². The Morgan fingerprint density at radius 1 is 1.55 bits per heavy atom. The molecule has 3 N–H and O–H groups in total. The van der Waals surface area contributed by atoms with Crippen molar-refractivity contribution in [1.29, 1.82) is 0 Å². The van der Waals surface area contributed by atoms with E-state index in [1.54, 1.807) is 17.0 Å². The van der Waals surface area contributed by atoms with E-state index in [0.717, 1.165) is 12.8 Å². The van der Waals surface area contributed by atoms with Gasteiger partial charge < -0.3 is 20.5 Å². The van der Waals surface area contributed by atoms with Gasteiger partial charge in [0.05, 0.1) is 17.7 Å². The van der Waals surface area contributed by atoms with Crippen molar-refractivity contribution in [3.05, 3.63) is 23.8 Å². The standard InChI is InChI=1S/C14H18N2O3S/c1-19-10-4-5-12(17)11(8-10)14(18)16(9-2-3-9)7-6-13(15)20/h4-5,8-9,17H,2-3,6-7H2,1H3,(H2,15,20). The lowest BCUT2D eigenvalue weighted by atomic mass is 10.1. The third-order valence-corrected chi connectivity index (χ3v) is 3.49. The Hall–Kier alpha value is -1.82. The molecule has 2 rings (SSSR count). The number of hydrogen-bond donors (Lipinski definition) is 2. The molecule has 20 heavy (non-hydrogen) atoms. The monoisotopic (exact) mass is 294 g/mol. The van der Waals surface area contributed by atoms with Gasteiger partial charge in [-0.3, -0.25) is 4.79 Å². The predicted molar refractivity (Wildman–Crippen MR) is 80.1 cm³/mol. The van der Waals surface area contributed by atoms with Gasteiger partial charge >= 0.3 is 0 Å². The summed E-state index contributed by atoms with van der Waals surface area (Å²) >= 11 is 4.86. The first-order valence-electron chi connectivity index (χ1n) is 6.49. The third-order valence-electron chi connectivity index (χ3n) is 3.28. The molecule has 0 aromatic heterocycles. The number of nitrogens with two attached hydrogens (primary N) is 1. The van der Waals surface area contributed by atoms with E-state index in [0.29, 0.717) is 23.7 Å². The maximum atomic E-state index is 12.6. The molecule has 0 spiro atoms. The fourth-order valence-electron chi connectivity index (χ4n) is 2.03. The van der Waals surface area contributed by atoms with Crippen molar-refractivity contribution in [3.8, 4) is 11.5 Å². The lowest BCUT2D eigenvalue weighted by molar-refractivity contribution is 0.0744. The molecule has 5 nitrogen and oxygen atoms in total. The summed E-state index contributed by atoms with van der Waals surface area (Å²) in [7, 11) is 1.52. The third kappa shape index (κ3) is 3.39. The van der Waals surface area contributed by atoms with Gasteiger partial charge in [-0.15, -0.1) is 0 Å². The second-order valence-corrected chi connectivity index (χ2v) is 5.35. The second-order valence-electron chi connectivity index (χ2n) is 4.83. The van der Waals surface area contributed by atoms with Crippen molar-refractivity contribution < 1.29 is 14.6 Å². The van der Waals surface area contributed by atoms with Crippen LogP contribution in [0, 0.1) is 0 Å². The Labute approximate surface area is 123 Å². The molecule has 1 fully saturated rings. The number of methoxy groups -OCH3 is 1. The number of phenolic OH excluding ortho intramolecular Hbond substituents is 1. The quantitative estimate of drug-likeness (QED) is 0.781. The summed E-state index contributed by atoms with van der Waals surface area (Å²) in [4.78, 5) is 14.7. The highest BCUT2D eigenvalue weighted by Crippen LogP contribution is 2.31. The van der Waals surface area contributed by atoms with Crippen LogP contribution in [0.5, 0.6) is 11.5 Å². The number of carbonyl (C=O) groups excluding carboxylic acids is 1. The van der Waals surface area contributed by atoms with Gasteiger partial charge in [-0.2, -0.15) is 0 Å². The van der Waals surface area contributed by atoms with Crippen LogP contribution in [0.3, 0.4) is 0 Å². The van der Waals surface area contributed by atoms with Crippen LogP contribution in [0.4, 0.5) is 0 Å². The van der Waals surface area contributed by atoms with E-state index in [1.165, 1.54) is 13.2 Å². The molecule has 1 saturated carbocycles. The highest BCUT2D eigenvalue weighted by atomic mass is 32.1. The van der Waals surface area contributed by atoms with Crippen molar-refractivity contribution in [1.82, 2.24) is 4.90 Å². The first-order chi connectivity index (χ1) is 9.52. The summed E-state index contributed by atoms with van der Waals surface area (Å²) in [6.07, 6.45) is 2.45. The highest BCUT2D eigenvalue weighted by molar-refractivity contribution is 7.80. The van der Waals surface area contributed by atoms with Crippen molar-refractivity contribution in [2.75, 3.05) is 13.7 Å². The van der Waals surface area contributed by atoms with E-state index in [2.05, 4.69) is 0 Å². The Bertz CT molecular complexity index is 529. The van der Waals surface area contributed by atoms with Crippen LogP contribution < -0.4 is 10.5 Å². The van der Waals surface area contributed by atoms with Crippen LogP contribution in [0.2, 0.25) is 0 Å². The minimum atomic E-state index is -0.208. The van der Waals surface area contributed by atoms with E-state index in [9.17, 15) is 9.90 Å². The number of aromatic hydroxyl groups is 1. The summed E-state index contributed by atoms with van der Waals surface area (Å²) in [6.45, 7) is 0.482. The molecule has 0 heterocycles. The van der Waals surface area contributed by atoms with Crippen LogP contribution in [0.15, 0.2) is 18.2 Å². The van der Waals surface area contributed by atoms with Crippen molar-refractivity contribution >= 4 is 23.1 Å². The maximum Gasteiger partial charge on any atom is 0.258 e. The zero-order chi connectivity index (χ0) is 14.7. The largest absolute Gasteiger partial charge is 0.507 e. The maximum absolute atomic E-state index is 12.6. The van der Waals surface area contributed by atoms with Gasteiger partial charge in [0.2, 0.25) is 0 Å². The molecule has 0 radical (unpaired) electrons. The average Bonchev–Trinajstić information content (AvgIpc) is 3.23. The van der Waals surface area contributed by atoms with Gasteiger partial charge in [-0.1, -0.05) is 12.2 Å². The highest BCUT2D eigenvalue weighted by Gasteiger charge is 2.33. The molecule has 0 atom stereocenters. The van der Waals surface area contributed by atoms with E-state index in [1.807, 2.05) is 0 Å². The van der Waals surface area contributed by atoms with Gasteiger partial charge in [0.15, 0.2) is 0 Å².